The highest BCUT2D eigenvalue weighted by atomic mass is 32.1. The van der Waals surface area contributed by atoms with E-state index in [0.717, 1.165) is 24.5 Å². The molecule has 0 aliphatic carbocycles. The number of esters is 1. The lowest BCUT2D eigenvalue weighted by atomic mass is 10.2. The highest BCUT2D eigenvalue weighted by Crippen LogP contribution is 2.46. The fourth-order valence-corrected chi connectivity index (χ4v) is 3.64. The van der Waals surface area contributed by atoms with E-state index in [-0.39, 0.29) is 5.97 Å². The van der Waals surface area contributed by atoms with E-state index in [9.17, 15) is 4.79 Å². The first-order chi connectivity index (χ1) is 9.99. The molecular weight excluding hydrogens is 290 g/mol. The molecule has 0 saturated carbocycles. The van der Waals surface area contributed by atoms with Crippen LogP contribution >= 0.6 is 11.3 Å². The summed E-state index contributed by atoms with van der Waals surface area (Å²) in [5.74, 6) is 0.204. The average Bonchev–Trinajstić information content (AvgIpc) is 3.03. The van der Waals surface area contributed by atoms with E-state index >= 15 is 0 Å². The molecule has 1 aromatic heterocycles. The molecule has 6 nitrogen and oxygen atoms in total. The van der Waals surface area contributed by atoms with Crippen molar-refractivity contribution in [2.45, 2.75) is 19.4 Å². The summed E-state index contributed by atoms with van der Waals surface area (Å²) < 4.78 is 10.5. The quantitative estimate of drug-likeness (QED) is 0.834. The van der Waals surface area contributed by atoms with Crippen molar-refractivity contribution in [2.75, 3.05) is 51.5 Å². The number of hydrogen-bond donors (Lipinski definition) is 1. The molecule has 1 aliphatic heterocycles. The normalized spacial score (nSPS) is 18.3. The van der Waals surface area contributed by atoms with E-state index in [0.29, 0.717) is 29.0 Å². The highest BCUT2D eigenvalue weighted by molar-refractivity contribution is 7.19. The molecule has 1 unspecified atom stereocenters. The molecule has 1 atom stereocenters. The highest BCUT2D eigenvalue weighted by Gasteiger charge is 2.31. The molecule has 118 valence electrons. The Balaban J connectivity index is 2.28. The molecule has 0 radical (unpaired) electrons. The third-order valence-electron chi connectivity index (χ3n) is 3.73. The molecule has 21 heavy (non-hydrogen) atoms. The van der Waals surface area contributed by atoms with Crippen LogP contribution in [0.1, 0.15) is 23.0 Å². The minimum atomic E-state index is -0.382. The van der Waals surface area contributed by atoms with Crippen molar-refractivity contribution in [3.63, 3.8) is 0 Å². The van der Waals surface area contributed by atoms with Gasteiger partial charge in [0.2, 0.25) is 0 Å². The number of nitrogens with two attached hydrogens (primary N) is 1. The van der Waals surface area contributed by atoms with Crippen LogP contribution in [0.2, 0.25) is 0 Å². The molecule has 1 aromatic rings. The van der Waals surface area contributed by atoms with Gasteiger partial charge < -0.3 is 25.0 Å². The molecule has 1 saturated heterocycles. The van der Waals surface area contributed by atoms with Gasteiger partial charge in [-0.1, -0.05) is 0 Å². The number of nitrogen functional groups attached to an aromatic ring is 1. The third-order valence-corrected chi connectivity index (χ3v) is 4.96. The van der Waals surface area contributed by atoms with E-state index in [1.807, 2.05) is 0 Å². The van der Waals surface area contributed by atoms with Gasteiger partial charge in [0.1, 0.15) is 15.6 Å². The zero-order chi connectivity index (χ0) is 15.6. The number of ether oxygens (including phenoxy) is 2. The molecule has 0 spiro atoms. The van der Waals surface area contributed by atoms with Crippen LogP contribution in [0.4, 0.5) is 10.7 Å². The van der Waals surface area contributed by atoms with Crippen LogP contribution in [0.25, 0.3) is 0 Å². The van der Waals surface area contributed by atoms with Crippen molar-refractivity contribution >= 4 is 28.0 Å². The van der Waals surface area contributed by atoms with Gasteiger partial charge in [-0.05, 0) is 27.4 Å². The van der Waals surface area contributed by atoms with Crippen LogP contribution in [-0.2, 0) is 4.74 Å². The second-order valence-electron chi connectivity index (χ2n) is 5.26. The predicted octanol–water partition coefficient (Wildman–Crippen LogP) is 1.66. The second kappa shape index (κ2) is 6.53. The van der Waals surface area contributed by atoms with Crippen LogP contribution < -0.4 is 15.4 Å². The Labute approximate surface area is 129 Å². The SMILES string of the molecule is CCOC(=O)c1sc(N2CCC(N(C)C)C2)c(OC)c1N. The van der Waals surface area contributed by atoms with Crippen molar-refractivity contribution < 1.29 is 14.3 Å². The molecule has 0 bridgehead atoms. The lowest BCUT2D eigenvalue weighted by molar-refractivity contribution is 0.0533. The summed E-state index contributed by atoms with van der Waals surface area (Å²) in [4.78, 5) is 16.8. The lowest BCUT2D eigenvalue weighted by Crippen LogP contribution is -2.31. The second-order valence-corrected chi connectivity index (χ2v) is 6.25. The Kier molecular flexibility index (Phi) is 4.95. The Morgan fingerprint density at radius 2 is 2.24 bits per heavy atom. The maximum atomic E-state index is 12.0. The number of thiophene rings is 1. The number of carbonyl (C=O) groups is 1. The van der Waals surface area contributed by atoms with E-state index in [2.05, 4.69) is 23.9 Å². The fourth-order valence-electron chi connectivity index (χ4n) is 2.52. The number of nitrogens with zero attached hydrogens (tertiary/aromatic N) is 2. The molecule has 2 heterocycles. The molecular formula is C14H23N3O3S. The zero-order valence-corrected chi connectivity index (χ0v) is 13.8. The van der Waals surface area contributed by atoms with Gasteiger partial charge in [-0.15, -0.1) is 11.3 Å². The largest absolute Gasteiger partial charge is 0.492 e. The number of hydrogen-bond acceptors (Lipinski definition) is 7. The van der Waals surface area contributed by atoms with Crippen molar-refractivity contribution in [1.82, 2.24) is 4.90 Å². The Bertz CT molecular complexity index is 516. The number of carbonyl (C=O) groups excluding carboxylic acids is 1. The van der Waals surface area contributed by atoms with Gasteiger partial charge in [-0.2, -0.15) is 0 Å². The van der Waals surface area contributed by atoms with Gasteiger partial charge in [-0.3, -0.25) is 0 Å². The van der Waals surface area contributed by atoms with Gasteiger partial charge in [-0.25, -0.2) is 4.79 Å². The summed E-state index contributed by atoms with van der Waals surface area (Å²) in [5, 5.41) is 0.919. The monoisotopic (exact) mass is 313 g/mol. The third kappa shape index (κ3) is 3.08. The summed E-state index contributed by atoms with van der Waals surface area (Å²) in [6.07, 6.45) is 1.09. The number of rotatable bonds is 5. The number of anilines is 2. The van der Waals surface area contributed by atoms with Crippen molar-refractivity contribution in [3.05, 3.63) is 4.88 Å². The first kappa shape index (κ1) is 15.9. The van der Waals surface area contributed by atoms with Gasteiger partial charge in [0, 0.05) is 19.1 Å². The number of methoxy groups -OCH3 is 1. The summed E-state index contributed by atoms with van der Waals surface area (Å²) in [6.45, 7) is 3.95. The van der Waals surface area contributed by atoms with Crippen molar-refractivity contribution in [3.8, 4) is 5.75 Å². The predicted molar refractivity (Wildman–Crippen MR) is 85.5 cm³/mol. The summed E-state index contributed by atoms with van der Waals surface area (Å²) in [5.41, 5.74) is 6.43. The number of likely N-dealkylation sites (N-methyl/N-ethyl adjacent to an activating group) is 1. The maximum Gasteiger partial charge on any atom is 0.350 e. The Morgan fingerprint density at radius 3 is 2.76 bits per heavy atom. The Morgan fingerprint density at radius 1 is 1.52 bits per heavy atom. The molecule has 2 N–H and O–H groups in total. The molecule has 2 rings (SSSR count). The minimum Gasteiger partial charge on any atom is -0.492 e. The summed E-state index contributed by atoms with van der Waals surface area (Å²) in [6, 6.07) is 0.504. The standard InChI is InChI=1S/C14H23N3O3S/c1-5-20-14(18)12-10(15)11(19-4)13(21-12)17-7-6-9(8-17)16(2)3/h9H,5-8,15H2,1-4H3. The topological polar surface area (TPSA) is 68.0 Å². The fraction of sp³-hybridized carbons (Fsp3) is 0.643. The van der Waals surface area contributed by atoms with Crippen LogP contribution in [-0.4, -0.2) is 57.8 Å². The molecule has 0 amide bonds. The smallest absolute Gasteiger partial charge is 0.350 e. The van der Waals surface area contributed by atoms with E-state index in [1.54, 1.807) is 14.0 Å². The molecule has 0 aromatic carbocycles. The van der Waals surface area contributed by atoms with E-state index in [1.165, 1.54) is 11.3 Å². The summed E-state index contributed by atoms with van der Waals surface area (Å²) >= 11 is 1.35. The minimum absolute atomic E-state index is 0.334. The average molecular weight is 313 g/mol. The first-order valence-corrected chi connectivity index (χ1v) is 7.86. The van der Waals surface area contributed by atoms with Gasteiger partial charge >= 0.3 is 5.97 Å². The first-order valence-electron chi connectivity index (χ1n) is 7.04. The van der Waals surface area contributed by atoms with Crippen molar-refractivity contribution in [2.24, 2.45) is 0 Å². The van der Waals surface area contributed by atoms with Crippen LogP contribution in [0.3, 0.4) is 0 Å². The maximum absolute atomic E-state index is 12.0. The van der Waals surface area contributed by atoms with Crippen LogP contribution in [0.15, 0.2) is 0 Å². The van der Waals surface area contributed by atoms with Crippen LogP contribution in [0, 0.1) is 0 Å². The Hall–Kier alpha value is -1.47. The van der Waals surface area contributed by atoms with E-state index < -0.39 is 0 Å². The summed E-state index contributed by atoms with van der Waals surface area (Å²) in [7, 11) is 5.74. The van der Waals surface area contributed by atoms with E-state index in [4.69, 9.17) is 15.2 Å². The molecule has 7 heteroatoms. The lowest BCUT2D eigenvalue weighted by Gasteiger charge is -2.21. The van der Waals surface area contributed by atoms with Gasteiger partial charge in [0.15, 0.2) is 5.75 Å². The van der Waals surface area contributed by atoms with Crippen molar-refractivity contribution in [1.29, 1.82) is 0 Å². The van der Waals surface area contributed by atoms with Gasteiger partial charge in [0.25, 0.3) is 0 Å². The van der Waals surface area contributed by atoms with Gasteiger partial charge in [0.05, 0.1) is 13.7 Å². The van der Waals surface area contributed by atoms with Crippen LogP contribution in [0.5, 0.6) is 5.75 Å². The molecule has 1 aliphatic rings. The molecule has 1 fully saturated rings. The zero-order valence-electron chi connectivity index (χ0n) is 13.0.